The van der Waals surface area contributed by atoms with Crippen LogP contribution < -0.4 is 5.32 Å². The third-order valence-electron chi connectivity index (χ3n) is 4.69. The van der Waals surface area contributed by atoms with Gasteiger partial charge in [-0.2, -0.15) is 0 Å². The highest BCUT2D eigenvalue weighted by atomic mass is 35.5. The fourth-order valence-corrected chi connectivity index (χ4v) is 4.17. The molecule has 0 saturated carbocycles. The molecule has 0 heterocycles. The highest BCUT2D eigenvalue weighted by molar-refractivity contribution is 7.99. The van der Waals surface area contributed by atoms with E-state index in [1.807, 2.05) is 13.8 Å². The average molecular weight is 467 g/mol. The van der Waals surface area contributed by atoms with E-state index in [0.717, 1.165) is 17.7 Å². The van der Waals surface area contributed by atoms with Crippen molar-refractivity contribution in [1.29, 1.82) is 0 Å². The zero-order valence-corrected chi connectivity index (χ0v) is 19.9. The van der Waals surface area contributed by atoms with Crippen molar-refractivity contribution in [2.75, 3.05) is 12.3 Å². The molecule has 1 atom stereocenters. The van der Waals surface area contributed by atoms with Crippen LogP contribution in [0.25, 0.3) is 0 Å². The Hall–Kier alpha value is -1.69. The maximum absolute atomic E-state index is 13.0. The van der Waals surface area contributed by atoms with Crippen LogP contribution in [0.2, 0.25) is 10.0 Å². The number of halogens is 2. The summed E-state index contributed by atoms with van der Waals surface area (Å²) in [7, 11) is 0. The molecule has 162 valence electrons. The van der Waals surface area contributed by atoms with Gasteiger partial charge in [0.25, 0.3) is 0 Å². The number of aryl methyl sites for hydroxylation is 1. The van der Waals surface area contributed by atoms with Gasteiger partial charge in [-0.15, -0.1) is 11.8 Å². The van der Waals surface area contributed by atoms with Crippen molar-refractivity contribution in [1.82, 2.24) is 10.2 Å². The quantitative estimate of drug-likeness (QED) is 0.504. The molecule has 2 aromatic rings. The molecule has 30 heavy (non-hydrogen) atoms. The van der Waals surface area contributed by atoms with E-state index in [1.165, 1.54) is 22.9 Å². The summed E-state index contributed by atoms with van der Waals surface area (Å²) in [6.07, 6.45) is 0.835. The molecule has 1 N–H and O–H groups in total. The van der Waals surface area contributed by atoms with E-state index in [1.54, 1.807) is 30.0 Å². The molecule has 1 unspecified atom stereocenters. The highest BCUT2D eigenvalue weighted by Crippen LogP contribution is 2.24. The molecule has 4 nitrogen and oxygen atoms in total. The first-order valence-corrected chi connectivity index (χ1v) is 11.9. The molecule has 0 aromatic heterocycles. The van der Waals surface area contributed by atoms with Crippen LogP contribution in [0.1, 0.15) is 37.0 Å². The van der Waals surface area contributed by atoms with Crippen molar-refractivity contribution < 1.29 is 9.59 Å². The van der Waals surface area contributed by atoms with Crippen LogP contribution in [0.15, 0.2) is 42.5 Å². The Morgan fingerprint density at radius 1 is 1.13 bits per heavy atom. The van der Waals surface area contributed by atoms with Gasteiger partial charge in [0.2, 0.25) is 11.8 Å². The monoisotopic (exact) mass is 466 g/mol. The summed E-state index contributed by atoms with van der Waals surface area (Å²) in [6, 6.07) is 12.8. The van der Waals surface area contributed by atoms with Crippen molar-refractivity contribution >= 4 is 46.8 Å². The second-order valence-corrected chi connectivity index (χ2v) is 9.03. The number of rotatable bonds is 10. The molecule has 0 fully saturated rings. The summed E-state index contributed by atoms with van der Waals surface area (Å²) >= 11 is 13.8. The average Bonchev–Trinajstić information content (AvgIpc) is 2.72. The Morgan fingerprint density at radius 2 is 1.83 bits per heavy atom. The number of carbonyl (C=O) groups is 2. The van der Waals surface area contributed by atoms with Crippen LogP contribution in [0.4, 0.5) is 0 Å². The Morgan fingerprint density at radius 3 is 2.47 bits per heavy atom. The van der Waals surface area contributed by atoms with E-state index in [2.05, 4.69) is 29.6 Å². The van der Waals surface area contributed by atoms with Gasteiger partial charge in [-0.1, -0.05) is 66.0 Å². The molecule has 0 aliphatic rings. The SMILES string of the molecule is CCCNC(=O)C(C)N(Cc1ccc(Cl)cc1Cl)C(=O)CSCc1ccc(C)cc1. The summed E-state index contributed by atoms with van der Waals surface area (Å²) in [6.45, 7) is 6.61. The number of benzene rings is 2. The summed E-state index contributed by atoms with van der Waals surface area (Å²) < 4.78 is 0. The standard InChI is InChI=1S/C23H28Cl2N2O2S/c1-4-11-26-23(29)17(3)27(13-19-9-10-20(24)12-21(19)25)22(28)15-30-14-18-7-5-16(2)6-8-18/h5-10,12,17H,4,11,13-15H2,1-3H3,(H,26,29). The summed E-state index contributed by atoms with van der Waals surface area (Å²) in [5.41, 5.74) is 3.13. The van der Waals surface area contributed by atoms with Crippen LogP contribution in [0, 0.1) is 6.92 Å². The van der Waals surface area contributed by atoms with Gasteiger partial charge in [0.15, 0.2) is 0 Å². The number of amides is 2. The second kappa shape index (κ2) is 12.2. The molecule has 0 aliphatic carbocycles. The third-order valence-corrected chi connectivity index (χ3v) is 6.26. The van der Waals surface area contributed by atoms with Crippen molar-refractivity contribution in [3.05, 3.63) is 69.2 Å². The molecule has 2 rings (SSSR count). The minimum Gasteiger partial charge on any atom is -0.354 e. The van der Waals surface area contributed by atoms with Gasteiger partial charge in [0.05, 0.1) is 5.75 Å². The van der Waals surface area contributed by atoms with Crippen molar-refractivity contribution in [2.45, 2.75) is 45.5 Å². The van der Waals surface area contributed by atoms with Gasteiger partial charge in [-0.25, -0.2) is 0 Å². The molecule has 7 heteroatoms. The number of nitrogens with zero attached hydrogens (tertiary/aromatic N) is 1. The van der Waals surface area contributed by atoms with Gasteiger partial charge in [-0.3, -0.25) is 9.59 Å². The summed E-state index contributed by atoms with van der Waals surface area (Å²) in [4.78, 5) is 27.2. The zero-order chi connectivity index (χ0) is 22.1. The van der Waals surface area contributed by atoms with E-state index in [9.17, 15) is 9.59 Å². The Kier molecular flexibility index (Phi) is 10.0. The van der Waals surface area contributed by atoms with Crippen molar-refractivity contribution in [3.63, 3.8) is 0 Å². The molecule has 0 bridgehead atoms. The van der Waals surface area contributed by atoms with Gasteiger partial charge in [0.1, 0.15) is 6.04 Å². The molecular weight excluding hydrogens is 439 g/mol. The van der Waals surface area contributed by atoms with Crippen LogP contribution in [-0.4, -0.2) is 35.1 Å². The maximum atomic E-state index is 13.0. The molecule has 0 spiro atoms. The van der Waals surface area contributed by atoms with Crippen LogP contribution >= 0.6 is 35.0 Å². The van der Waals surface area contributed by atoms with Crippen LogP contribution in [0.3, 0.4) is 0 Å². The normalized spacial score (nSPS) is 11.8. The topological polar surface area (TPSA) is 49.4 Å². The zero-order valence-electron chi connectivity index (χ0n) is 17.6. The lowest BCUT2D eigenvalue weighted by molar-refractivity contribution is -0.138. The number of hydrogen-bond acceptors (Lipinski definition) is 3. The summed E-state index contributed by atoms with van der Waals surface area (Å²) in [5, 5.41) is 3.88. The van der Waals surface area contributed by atoms with Crippen molar-refractivity contribution in [2.24, 2.45) is 0 Å². The van der Waals surface area contributed by atoms with E-state index in [4.69, 9.17) is 23.2 Å². The molecule has 0 saturated heterocycles. The Labute approximate surface area is 193 Å². The van der Waals surface area contributed by atoms with Crippen molar-refractivity contribution in [3.8, 4) is 0 Å². The molecule has 2 aromatic carbocycles. The molecule has 0 aliphatic heterocycles. The predicted molar refractivity (Wildman–Crippen MR) is 127 cm³/mol. The lowest BCUT2D eigenvalue weighted by atomic mass is 10.1. The smallest absolute Gasteiger partial charge is 0.242 e. The number of carbonyl (C=O) groups excluding carboxylic acids is 2. The van der Waals surface area contributed by atoms with Gasteiger partial charge in [0, 0.05) is 28.9 Å². The molecular formula is C23H28Cl2N2O2S. The second-order valence-electron chi connectivity index (χ2n) is 7.20. The fourth-order valence-electron chi connectivity index (χ4n) is 2.84. The highest BCUT2D eigenvalue weighted by Gasteiger charge is 2.26. The lowest BCUT2D eigenvalue weighted by Crippen LogP contribution is -2.48. The first-order chi connectivity index (χ1) is 14.3. The largest absolute Gasteiger partial charge is 0.354 e. The predicted octanol–water partition coefficient (Wildman–Crippen LogP) is 5.48. The van der Waals surface area contributed by atoms with E-state index in [-0.39, 0.29) is 24.1 Å². The minimum atomic E-state index is -0.601. The van der Waals surface area contributed by atoms with Crippen LogP contribution in [0.5, 0.6) is 0 Å². The minimum absolute atomic E-state index is 0.0997. The first-order valence-electron chi connectivity index (χ1n) is 9.96. The van der Waals surface area contributed by atoms with E-state index in [0.29, 0.717) is 16.6 Å². The fraction of sp³-hybridized carbons (Fsp3) is 0.391. The van der Waals surface area contributed by atoms with E-state index >= 15 is 0 Å². The lowest BCUT2D eigenvalue weighted by Gasteiger charge is -2.29. The van der Waals surface area contributed by atoms with Crippen LogP contribution in [-0.2, 0) is 21.9 Å². The van der Waals surface area contributed by atoms with Gasteiger partial charge < -0.3 is 10.2 Å². The number of nitrogens with one attached hydrogen (secondary N) is 1. The molecule has 0 radical (unpaired) electrons. The first kappa shape index (κ1) is 24.6. The summed E-state index contributed by atoms with van der Waals surface area (Å²) in [5.74, 6) is 0.749. The number of hydrogen-bond donors (Lipinski definition) is 1. The maximum Gasteiger partial charge on any atom is 0.242 e. The number of thioether (sulfide) groups is 1. The molecule has 2 amide bonds. The van der Waals surface area contributed by atoms with Gasteiger partial charge in [-0.05, 0) is 43.5 Å². The third kappa shape index (κ3) is 7.53. The Balaban J connectivity index is 2.09. The van der Waals surface area contributed by atoms with E-state index < -0.39 is 6.04 Å². The van der Waals surface area contributed by atoms with Gasteiger partial charge >= 0.3 is 0 Å². The Bertz CT molecular complexity index is 859.